The Labute approximate surface area is 116 Å². The molecule has 0 aliphatic rings. The number of carboxylic acids is 1. The maximum atomic E-state index is 13.0. The lowest BCUT2D eigenvalue weighted by Crippen LogP contribution is -2.14. The minimum atomic E-state index is -1.68. The third-order valence-electron chi connectivity index (χ3n) is 2.49. The number of rotatable bonds is 3. The van der Waals surface area contributed by atoms with Gasteiger partial charge in [-0.2, -0.15) is 0 Å². The summed E-state index contributed by atoms with van der Waals surface area (Å²) in [6.45, 7) is 0. The van der Waals surface area contributed by atoms with Crippen LogP contribution in [0.3, 0.4) is 0 Å². The summed E-state index contributed by atoms with van der Waals surface area (Å²) in [4.78, 5) is 26.2. The van der Waals surface area contributed by atoms with Gasteiger partial charge in [0.25, 0.3) is 5.91 Å². The van der Waals surface area contributed by atoms with Gasteiger partial charge in [-0.25, -0.2) is 22.9 Å². The van der Waals surface area contributed by atoms with Crippen LogP contribution in [0.5, 0.6) is 0 Å². The van der Waals surface area contributed by atoms with Crippen molar-refractivity contribution in [3.05, 3.63) is 59.0 Å². The van der Waals surface area contributed by atoms with Crippen LogP contribution in [0.25, 0.3) is 0 Å². The summed E-state index contributed by atoms with van der Waals surface area (Å²) >= 11 is 0. The highest BCUT2D eigenvalue weighted by molar-refractivity contribution is 6.04. The Morgan fingerprint density at radius 3 is 2.24 bits per heavy atom. The summed E-state index contributed by atoms with van der Waals surface area (Å²) in [6.07, 6.45) is 1.14. The van der Waals surface area contributed by atoms with E-state index in [1.165, 1.54) is 6.07 Å². The first-order valence-corrected chi connectivity index (χ1v) is 5.53. The molecule has 108 valence electrons. The van der Waals surface area contributed by atoms with E-state index >= 15 is 0 Å². The molecule has 0 atom stereocenters. The quantitative estimate of drug-likeness (QED) is 0.853. The molecule has 0 saturated carbocycles. The molecule has 1 aromatic carbocycles. The number of carbonyl (C=O) groups is 2. The molecule has 0 fully saturated rings. The zero-order chi connectivity index (χ0) is 15.6. The second kappa shape index (κ2) is 5.61. The Balaban J connectivity index is 2.26. The lowest BCUT2D eigenvalue weighted by molar-refractivity contribution is 0.0696. The van der Waals surface area contributed by atoms with Crippen LogP contribution in [0.2, 0.25) is 0 Å². The average molecular weight is 296 g/mol. The Morgan fingerprint density at radius 2 is 1.67 bits per heavy atom. The smallest absolute Gasteiger partial charge is 0.335 e. The molecule has 0 saturated heterocycles. The molecule has 8 heteroatoms. The summed E-state index contributed by atoms with van der Waals surface area (Å²) < 4.78 is 38.8. The standard InChI is InChI=1S/C13H7F3N2O3/c14-8-3-7(4-9(15)11(8)16)12(19)18-10-5-6(13(20)21)1-2-17-10/h1-5H,(H,20,21)(H,17,18,19). The van der Waals surface area contributed by atoms with Crippen LogP contribution in [0.4, 0.5) is 19.0 Å². The second-order valence-corrected chi connectivity index (χ2v) is 3.94. The van der Waals surface area contributed by atoms with Gasteiger partial charge in [-0.1, -0.05) is 0 Å². The molecule has 0 radical (unpaired) electrons. The molecule has 21 heavy (non-hydrogen) atoms. The van der Waals surface area contributed by atoms with Crippen molar-refractivity contribution in [3.63, 3.8) is 0 Å². The number of carboxylic acid groups (broad SMARTS) is 1. The number of aromatic carboxylic acids is 1. The van der Waals surface area contributed by atoms with E-state index in [2.05, 4.69) is 10.3 Å². The molecule has 2 aromatic rings. The van der Waals surface area contributed by atoms with Gasteiger partial charge in [-0.05, 0) is 24.3 Å². The van der Waals surface area contributed by atoms with Gasteiger partial charge in [0.05, 0.1) is 5.56 Å². The molecule has 5 nitrogen and oxygen atoms in total. The molecular weight excluding hydrogens is 289 g/mol. The molecule has 0 spiro atoms. The van der Waals surface area contributed by atoms with Crippen LogP contribution in [-0.2, 0) is 0 Å². The van der Waals surface area contributed by atoms with Gasteiger partial charge in [0.15, 0.2) is 17.5 Å². The lowest BCUT2D eigenvalue weighted by atomic mass is 10.2. The van der Waals surface area contributed by atoms with Gasteiger partial charge in [-0.15, -0.1) is 0 Å². The summed E-state index contributed by atoms with van der Waals surface area (Å²) in [5.74, 6) is -7.00. The van der Waals surface area contributed by atoms with Crippen LogP contribution >= 0.6 is 0 Å². The summed E-state index contributed by atoms with van der Waals surface area (Å²) in [5, 5.41) is 10.9. The molecular formula is C13H7F3N2O3. The van der Waals surface area contributed by atoms with Gasteiger partial charge in [-0.3, -0.25) is 4.79 Å². The first kappa shape index (κ1) is 14.5. The van der Waals surface area contributed by atoms with E-state index in [9.17, 15) is 22.8 Å². The molecule has 1 heterocycles. The number of amides is 1. The van der Waals surface area contributed by atoms with Crippen LogP contribution in [0.1, 0.15) is 20.7 Å². The first-order valence-electron chi connectivity index (χ1n) is 5.53. The van der Waals surface area contributed by atoms with E-state index in [1.807, 2.05) is 0 Å². The maximum absolute atomic E-state index is 13.0. The normalized spacial score (nSPS) is 10.2. The Kier molecular flexibility index (Phi) is 3.88. The van der Waals surface area contributed by atoms with E-state index < -0.39 is 34.9 Å². The van der Waals surface area contributed by atoms with Gasteiger partial charge < -0.3 is 10.4 Å². The highest BCUT2D eigenvalue weighted by atomic mass is 19.2. The average Bonchev–Trinajstić information content (AvgIpc) is 2.44. The molecule has 0 aliphatic carbocycles. The number of anilines is 1. The van der Waals surface area contributed by atoms with Gasteiger partial charge >= 0.3 is 5.97 Å². The van der Waals surface area contributed by atoms with Crippen molar-refractivity contribution in [1.29, 1.82) is 0 Å². The van der Waals surface area contributed by atoms with Gasteiger partial charge in [0.1, 0.15) is 5.82 Å². The number of hydrogen-bond donors (Lipinski definition) is 2. The number of halogens is 3. The van der Waals surface area contributed by atoms with Gasteiger partial charge in [0.2, 0.25) is 0 Å². The number of nitrogens with zero attached hydrogens (tertiary/aromatic N) is 1. The van der Waals surface area contributed by atoms with Crippen molar-refractivity contribution in [1.82, 2.24) is 4.98 Å². The zero-order valence-corrected chi connectivity index (χ0v) is 10.2. The van der Waals surface area contributed by atoms with Crippen molar-refractivity contribution < 1.29 is 27.9 Å². The fourth-order valence-electron chi connectivity index (χ4n) is 1.51. The fourth-order valence-corrected chi connectivity index (χ4v) is 1.51. The summed E-state index contributed by atoms with van der Waals surface area (Å²) in [7, 11) is 0. The summed E-state index contributed by atoms with van der Waals surface area (Å²) in [5.41, 5.74) is -0.592. The largest absolute Gasteiger partial charge is 0.478 e. The monoisotopic (exact) mass is 296 g/mol. The van der Waals surface area contributed by atoms with Crippen molar-refractivity contribution >= 4 is 17.7 Å². The zero-order valence-electron chi connectivity index (χ0n) is 10.2. The van der Waals surface area contributed by atoms with E-state index in [1.54, 1.807) is 0 Å². The molecule has 2 N–H and O–H groups in total. The Morgan fingerprint density at radius 1 is 1.05 bits per heavy atom. The van der Waals surface area contributed by atoms with E-state index in [0.717, 1.165) is 12.3 Å². The third-order valence-corrected chi connectivity index (χ3v) is 2.49. The van der Waals surface area contributed by atoms with E-state index in [0.29, 0.717) is 12.1 Å². The van der Waals surface area contributed by atoms with E-state index in [-0.39, 0.29) is 11.4 Å². The first-order chi connectivity index (χ1) is 9.88. The number of benzene rings is 1. The minimum Gasteiger partial charge on any atom is -0.478 e. The second-order valence-electron chi connectivity index (χ2n) is 3.94. The SMILES string of the molecule is O=C(O)c1ccnc(NC(=O)c2cc(F)c(F)c(F)c2)c1. The number of carbonyl (C=O) groups excluding carboxylic acids is 1. The van der Waals surface area contributed by atoms with Crippen molar-refractivity contribution in [2.24, 2.45) is 0 Å². The van der Waals surface area contributed by atoms with Crippen molar-refractivity contribution in [3.8, 4) is 0 Å². The van der Waals surface area contributed by atoms with E-state index in [4.69, 9.17) is 5.11 Å². The topological polar surface area (TPSA) is 79.3 Å². The highest BCUT2D eigenvalue weighted by Crippen LogP contribution is 2.15. The lowest BCUT2D eigenvalue weighted by Gasteiger charge is -2.06. The predicted octanol–water partition coefficient (Wildman–Crippen LogP) is 2.45. The highest BCUT2D eigenvalue weighted by Gasteiger charge is 2.16. The number of aromatic nitrogens is 1. The summed E-state index contributed by atoms with van der Waals surface area (Å²) in [6, 6.07) is 3.31. The third kappa shape index (κ3) is 3.16. The Hall–Kier alpha value is -2.90. The Bertz CT molecular complexity index is 711. The molecule has 1 amide bonds. The molecule has 0 unspecified atom stereocenters. The van der Waals surface area contributed by atoms with Crippen LogP contribution in [-0.4, -0.2) is 22.0 Å². The predicted molar refractivity (Wildman–Crippen MR) is 65.5 cm³/mol. The molecule has 0 bridgehead atoms. The van der Waals surface area contributed by atoms with Crippen LogP contribution in [0.15, 0.2) is 30.5 Å². The van der Waals surface area contributed by atoms with Crippen molar-refractivity contribution in [2.75, 3.05) is 5.32 Å². The molecule has 1 aromatic heterocycles. The van der Waals surface area contributed by atoms with Crippen LogP contribution < -0.4 is 5.32 Å². The van der Waals surface area contributed by atoms with Crippen molar-refractivity contribution in [2.45, 2.75) is 0 Å². The number of hydrogen-bond acceptors (Lipinski definition) is 3. The maximum Gasteiger partial charge on any atom is 0.335 e. The minimum absolute atomic E-state index is 0.120. The fraction of sp³-hybridized carbons (Fsp3) is 0. The van der Waals surface area contributed by atoms with Crippen LogP contribution in [0, 0.1) is 17.5 Å². The number of pyridine rings is 1. The number of nitrogens with one attached hydrogen (secondary N) is 1. The van der Waals surface area contributed by atoms with Gasteiger partial charge in [0, 0.05) is 11.8 Å². The molecule has 0 aliphatic heterocycles. The molecule has 2 rings (SSSR count).